The number of nitrogens with zero attached hydrogens (tertiary/aromatic N) is 1. The van der Waals surface area contributed by atoms with Crippen molar-refractivity contribution >= 4 is 104 Å². The van der Waals surface area contributed by atoms with Crippen molar-refractivity contribution in [2.24, 2.45) is 0 Å². The number of fused-ring (bicyclic) bond motifs is 3. The highest BCUT2D eigenvalue weighted by Gasteiger charge is 2.18. The molecular weight excluding hydrogens is 703 g/mol. The van der Waals surface area contributed by atoms with Crippen LogP contribution >= 0.6 is 0 Å². The Bertz CT molecular complexity index is 3610. The highest BCUT2D eigenvalue weighted by Crippen LogP contribution is 2.44. The molecule has 0 saturated heterocycles. The van der Waals surface area contributed by atoms with Crippen LogP contribution in [0.4, 0.5) is 17.1 Å². The van der Waals surface area contributed by atoms with Gasteiger partial charge in [-0.15, -0.1) is 0 Å². The first-order valence-electron chi connectivity index (χ1n) is 20.0. The molecule has 13 rings (SSSR count). The molecule has 0 aliphatic heterocycles. The molecule has 0 amide bonds. The van der Waals surface area contributed by atoms with Crippen LogP contribution < -0.4 is 4.90 Å². The molecule has 2 nitrogen and oxygen atoms in total. The molecule has 0 atom stereocenters. The zero-order valence-electron chi connectivity index (χ0n) is 31.4. The van der Waals surface area contributed by atoms with Crippen LogP contribution in [0.5, 0.6) is 0 Å². The third-order valence-electron chi connectivity index (χ3n) is 12.5. The van der Waals surface area contributed by atoms with Gasteiger partial charge in [0.2, 0.25) is 0 Å². The van der Waals surface area contributed by atoms with Gasteiger partial charge in [-0.3, -0.25) is 0 Å². The lowest BCUT2D eigenvalue weighted by atomic mass is 9.87. The summed E-state index contributed by atoms with van der Waals surface area (Å²) in [5.74, 6) is 0. The minimum Gasteiger partial charge on any atom is -0.456 e. The first-order valence-corrected chi connectivity index (χ1v) is 20.0. The highest BCUT2D eigenvalue weighted by atomic mass is 16.3. The average Bonchev–Trinajstić information content (AvgIpc) is 3.65. The summed E-state index contributed by atoms with van der Waals surface area (Å²) in [6.07, 6.45) is 0. The lowest BCUT2D eigenvalue weighted by molar-refractivity contribution is 0.669. The van der Waals surface area contributed by atoms with E-state index in [2.05, 4.69) is 205 Å². The van der Waals surface area contributed by atoms with E-state index >= 15 is 0 Å². The highest BCUT2D eigenvalue weighted by molar-refractivity contribution is 6.27. The monoisotopic (exact) mass is 735 g/mol. The number of anilines is 3. The molecule has 268 valence electrons. The maximum absolute atomic E-state index is 6.66. The van der Waals surface area contributed by atoms with Crippen molar-refractivity contribution < 1.29 is 4.42 Å². The van der Waals surface area contributed by atoms with Gasteiger partial charge in [-0.2, -0.15) is 0 Å². The van der Waals surface area contributed by atoms with Crippen molar-refractivity contribution in [3.05, 3.63) is 200 Å². The summed E-state index contributed by atoms with van der Waals surface area (Å²) in [5.41, 5.74) is 9.88. The molecule has 2 heteroatoms. The number of hydrogen-bond donors (Lipinski definition) is 0. The van der Waals surface area contributed by atoms with Crippen molar-refractivity contribution in [3.8, 4) is 22.3 Å². The fourth-order valence-electron chi connectivity index (χ4n) is 9.83. The van der Waals surface area contributed by atoms with E-state index in [1.807, 2.05) is 0 Å². The van der Waals surface area contributed by atoms with Crippen molar-refractivity contribution in [1.29, 1.82) is 0 Å². The summed E-state index contributed by atoms with van der Waals surface area (Å²) in [5, 5.41) is 17.8. The fraction of sp³-hybridized carbons (Fsp3) is 0. The van der Waals surface area contributed by atoms with Gasteiger partial charge in [0.05, 0.1) is 0 Å². The molecule has 1 aromatic heterocycles. The second-order valence-electron chi connectivity index (χ2n) is 15.7. The maximum Gasteiger partial charge on any atom is 0.137 e. The number of hydrogen-bond acceptors (Lipinski definition) is 2. The Morgan fingerprint density at radius 2 is 0.759 bits per heavy atom. The zero-order chi connectivity index (χ0) is 37.9. The summed E-state index contributed by atoms with van der Waals surface area (Å²) in [6.45, 7) is 0. The van der Waals surface area contributed by atoms with Gasteiger partial charge in [0, 0.05) is 33.9 Å². The Morgan fingerprint density at radius 1 is 0.276 bits per heavy atom. The van der Waals surface area contributed by atoms with E-state index < -0.39 is 0 Å². The van der Waals surface area contributed by atoms with E-state index in [1.54, 1.807) is 0 Å². The summed E-state index contributed by atoms with van der Waals surface area (Å²) < 4.78 is 6.66. The van der Waals surface area contributed by atoms with E-state index in [4.69, 9.17) is 4.42 Å². The topological polar surface area (TPSA) is 16.4 Å². The summed E-state index contributed by atoms with van der Waals surface area (Å²) >= 11 is 0. The molecule has 1 heterocycles. The Hall–Kier alpha value is -7.68. The minimum absolute atomic E-state index is 0.874. The van der Waals surface area contributed by atoms with Crippen molar-refractivity contribution in [1.82, 2.24) is 0 Å². The SMILES string of the molecule is c1ccc(N(c2ccccc2)c2ccc3c(c2)oc2cc(-c4cc5ccc6cc(-c7ccc8ccc9cccc%10ccc7c8c9%10)cc7ccc(c4)c5c67)ccc23)cc1. The van der Waals surface area contributed by atoms with E-state index in [0.29, 0.717) is 0 Å². The van der Waals surface area contributed by atoms with E-state index in [9.17, 15) is 0 Å². The molecule has 0 aliphatic carbocycles. The number of rotatable bonds is 5. The Balaban J connectivity index is 0.904. The molecule has 0 spiro atoms. The van der Waals surface area contributed by atoms with Crippen molar-refractivity contribution in [2.75, 3.05) is 4.90 Å². The van der Waals surface area contributed by atoms with Gasteiger partial charge < -0.3 is 9.32 Å². The molecule has 13 aromatic rings. The summed E-state index contributed by atoms with van der Waals surface area (Å²) in [4.78, 5) is 2.27. The summed E-state index contributed by atoms with van der Waals surface area (Å²) in [7, 11) is 0. The minimum atomic E-state index is 0.874. The van der Waals surface area contributed by atoms with E-state index in [1.165, 1.54) is 81.3 Å². The third-order valence-corrected chi connectivity index (χ3v) is 12.5. The Kier molecular flexibility index (Phi) is 6.47. The molecule has 0 saturated carbocycles. The van der Waals surface area contributed by atoms with E-state index in [0.717, 1.165) is 44.6 Å². The van der Waals surface area contributed by atoms with Crippen LogP contribution in [0.1, 0.15) is 0 Å². The Morgan fingerprint density at radius 3 is 1.40 bits per heavy atom. The standard InChI is InChI=1S/C56H33NO/c1-3-10-44(11-4-1)57(45-12-5-2-6-13-45)46-23-27-49-48-25-22-37(32-51(48)58-52(49)33-46)42-28-38-16-18-40-30-43(31-41-19-17-39(29-42)54(38)55(40)41)47-24-20-36-15-14-34-8-7-9-35-21-26-50(47)56(36)53(34)35/h1-33H. The second kappa shape index (κ2) is 11.9. The predicted octanol–water partition coefficient (Wildman–Crippen LogP) is 16.2. The van der Waals surface area contributed by atoms with Gasteiger partial charge in [0.1, 0.15) is 11.2 Å². The van der Waals surface area contributed by atoms with Crippen molar-refractivity contribution in [2.45, 2.75) is 0 Å². The zero-order valence-corrected chi connectivity index (χ0v) is 31.4. The predicted molar refractivity (Wildman–Crippen MR) is 247 cm³/mol. The molecule has 0 radical (unpaired) electrons. The van der Waals surface area contributed by atoms with Gasteiger partial charge in [-0.05, 0) is 160 Å². The molecule has 58 heavy (non-hydrogen) atoms. The van der Waals surface area contributed by atoms with Crippen LogP contribution in [-0.4, -0.2) is 0 Å². The maximum atomic E-state index is 6.66. The number of furan rings is 1. The lowest BCUT2D eigenvalue weighted by Gasteiger charge is -2.25. The third kappa shape index (κ3) is 4.60. The molecule has 12 aromatic carbocycles. The summed E-state index contributed by atoms with van der Waals surface area (Å²) in [6, 6.07) is 73.2. The smallest absolute Gasteiger partial charge is 0.137 e. The normalized spacial score (nSPS) is 12.1. The quantitative estimate of drug-likeness (QED) is 0.164. The van der Waals surface area contributed by atoms with Crippen LogP contribution in [0.2, 0.25) is 0 Å². The molecule has 0 aliphatic rings. The van der Waals surface area contributed by atoms with Gasteiger partial charge in [0.25, 0.3) is 0 Å². The van der Waals surface area contributed by atoms with Crippen molar-refractivity contribution in [3.63, 3.8) is 0 Å². The molecule has 0 bridgehead atoms. The Labute approximate surface area is 334 Å². The first kappa shape index (κ1) is 31.5. The fourth-order valence-corrected chi connectivity index (χ4v) is 9.83. The largest absolute Gasteiger partial charge is 0.456 e. The van der Waals surface area contributed by atoms with Crippen LogP contribution in [0.3, 0.4) is 0 Å². The lowest BCUT2D eigenvalue weighted by Crippen LogP contribution is -2.09. The van der Waals surface area contributed by atoms with Gasteiger partial charge in [-0.1, -0.05) is 121 Å². The van der Waals surface area contributed by atoms with Crippen LogP contribution in [0.25, 0.3) is 109 Å². The van der Waals surface area contributed by atoms with Crippen LogP contribution in [0, 0.1) is 0 Å². The average molecular weight is 736 g/mol. The molecule has 0 fully saturated rings. The molecule has 0 unspecified atom stereocenters. The van der Waals surface area contributed by atoms with Crippen LogP contribution in [0.15, 0.2) is 205 Å². The first-order chi connectivity index (χ1) is 28.7. The molecular formula is C56H33NO. The number of para-hydroxylation sites is 2. The number of benzene rings is 12. The van der Waals surface area contributed by atoms with E-state index in [-0.39, 0.29) is 0 Å². The van der Waals surface area contributed by atoms with Gasteiger partial charge in [-0.25, -0.2) is 0 Å². The molecule has 0 N–H and O–H groups in total. The van der Waals surface area contributed by atoms with Gasteiger partial charge >= 0.3 is 0 Å². The van der Waals surface area contributed by atoms with Gasteiger partial charge in [0.15, 0.2) is 0 Å². The van der Waals surface area contributed by atoms with Crippen LogP contribution in [-0.2, 0) is 0 Å². The second-order valence-corrected chi connectivity index (χ2v) is 15.7.